The van der Waals surface area contributed by atoms with Crippen molar-refractivity contribution in [2.24, 2.45) is 12.9 Å². The Bertz CT molecular complexity index is 597. The van der Waals surface area contributed by atoms with Gasteiger partial charge in [0, 0.05) is 18.8 Å². The minimum Gasteiger partial charge on any atom is -0.346 e. The van der Waals surface area contributed by atoms with Crippen molar-refractivity contribution < 1.29 is 4.79 Å². The summed E-state index contributed by atoms with van der Waals surface area (Å²) in [5, 5.41) is 7.09. The monoisotopic (exact) mass is 280 g/mol. The molecule has 2 aromatic rings. The molecule has 0 aliphatic heterocycles. The van der Waals surface area contributed by atoms with Gasteiger partial charge < -0.3 is 10.7 Å². The van der Waals surface area contributed by atoms with E-state index in [9.17, 15) is 4.79 Å². The molecule has 0 fully saturated rings. The molecule has 0 aliphatic rings. The third-order valence-electron chi connectivity index (χ3n) is 2.40. The summed E-state index contributed by atoms with van der Waals surface area (Å²) in [5.74, 6) is 5.30. The van der Waals surface area contributed by atoms with E-state index >= 15 is 0 Å². The minimum absolute atomic E-state index is 0.193. The number of aromatic nitrogens is 3. The zero-order valence-electron chi connectivity index (χ0n) is 10.2. The van der Waals surface area contributed by atoms with Gasteiger partial charge in [-0.05, 0) is 18.2 Å². The Hall–Kier alpha value is -2.12. The molecule has 4 N–H and O–H groups in total. The third kappa shape index (κ3) is 3.43. The van der Waals surface area contributed by atoms with Crippen LogP contribution in [-0.4, -0.2) is 20.7 Å². The van der Waals surface area contributed by atoms with Crippen LogP contribution in [0.15, 0.2) is 24.4 Å². The highest BCUT2D eigenvalue weighted by atomic mass is 35.5. The predicted molar refractivity (Wildman–Crippen MR) is 71.4 cm³/mol. The first-order valence-corrected chi connectivity index (χ1v) is 5.87. The van der Waals surface area contributed by atoms with Crippen LogP contribution in [0.3, 0.4) is 0 Å². The Labute approximate surface area is 114 Å². The fourth-order valence-electron chi connectivity index (χ4n) is 1.53. The van der Waals surface area contributed by atoms with E-state index in [-0.39, 0.29) is 11.1 Å². The quantitative estimate of drug-likeness (QED) is 0.435. The Kier molecular flexibility index (Phi) is 3.98. The van der Waals surface area contributed by atoms with E-state index < -0.39 is 0 Å². The molecule has 0 aromatic carbocycles. The van der Waals surface area contributed by atoms with Crippen molar-refractivity contribution in [3.63, 3.8) is 0 Å². The van der Waals surface area contributed by atoms with Crippen LogP contribution in [-0.2, 0) is 13.6 Å². The Morgan fingerprint density at radius 2 is 2.32 bits per heavy atom. The van der Waals surface area contributed by atoms with Crippen molar-refractivity contribution in [1.29, 1.82) is 0 Å². The summed E-state index contributed by atoms with van der Waals surface area (Å²) in [5.41, 5.74) is 3.50. The molecule has 0 radical (unpaired) electrons. The highest BCUT2D eigenvalue weighted by Crippen LogP contribution is 2.13. The third-order valence-corrected chi connectivity index (χ3v) is 2.60. The summed E-state index contributed by atoms with van der Waals surface area (Å²) < 4.78 is 1.67. The molecule has 0 aliphatic carbocycles. The first kappa shape index (κ1) is 13.3. The molecular formula is C11H13ClN6O. The number of hydrazine groups is 1. The summed E-state index contributed by atoms with van der Waals surface area (Å²) in [6.45, 7) is 0.338. The van der Waals surface area contributed by atoms with Crippen LogP contribution in [0.2, 0.25) is 5.15 Å². The number of carbonyl (C=O) groups excluding carboxylic acids is 1. The van der Waals surface area contributed by atoms with Crippen LogP contribution < -0.4 is 16.6 Å². The molecule has 0 atom stereocenters. The van der Waals surface area contributed by atoms with Gasteiger partial charge in [-0.2, -0.15) is 5.10 Å². The second-order valence-corrected chi connectivity index (χ2v) is 4.26. The second-order valence-electron chi connectivity index (χ2n) is 3.87. The Morgan fingerprint density at radius 3 is 2.95 bits per heavy atom. The molecule has 0 saturated carbocycles. The van der Waals surface area contributed by atoms with Gasteiger partial charge >= 0.3 is 0 Å². The molecule has 8 heteroatoms. The molecule has 0 spiro atoms. The number of aryl methyl sites for hydroxylation is 1. The van der Waals surface area contributed by atoms with Gasteiger partial charge in [0.25, 0.3) is 5.91 Å². The number of anilines is 1. The molecule has 2 aromatic heterocycles. The van der Waals surface area contributed by atoms with E-state index in [0.717, 1.165) is 5.69 Å². The zero-order chi connectivity index (χ0) is 13.8. The number of rotatable bonds is 4. The van der Waals surface area contributed by atoms with Gasteiger partial charge in [-0.15, -0.1) is 0 Å². The Balaban J connectivity index is 2.05. The molecule has 0 bridgehead atoms. The van der Waals surface area contributed by atoms with Crippen LogP contribution in [0, 0.1) is 0 Å². The molecule has 100 valence electrons. The van der Waals surface area contributed by atoms with Gasteiger partial charge in [0.2, 0.25) is 0 Å². The number of nitrogen functional groups attached to an aromatic ring is 1. The van der Waals surface area contributed by atoms with Gasteiger partial charge in [0.1, 0.15) is 11.0 Å². The van der Waals surface area contributed by atoms with Crippen molar-refractivity contribution in [2.75, 3.05) is 5.43 Å². The van der Waals surface area contributed by atoms with Gasteiger partial charge in [-0.3, -0.25) is 9.48 Å². The maximum atomic E-state index is 11.9. The number of hydrogen-bond donors (Lipinski definition) is 3. The van der Waals surface area contributed by atoms with Crippen molar-refractivity contribution >= 4 is 23.3 Å². The number of amides is 1. The smallest absolute Gasteiger partial charge is 0.251 e. The van der Waals surface area contributed by atoms with Crippen molar-refractivity contribution in [3.05, 3.63) is 40.8 Å². The van der Waals surface area contributed by atoms with Crippen LogP contribution in [0.4, 0.5) is 5.82 Å². The molecule has 1 amide bonds. The molecule has 7 nitrogen and oxygen atoms in total. The van der Waals surface area contributed by atoms with Crippen molar-refractivity contribution in [3.8, 4) is 0 Å². The van der Waals surface area contributed by atoms with Gasteiger partial charge in [0.05, 0.1) is 12.2 Å². The van der Waals surface area contributed by atoms with E-state index in [0.29, 0.717) is 17.9 Å². The maximum Gasteiger partial charge on any atom is 0.251 e. The summed E-state index contributed by atoms with van der Waals surface area (Å²) in [6, 6.07) is 4.81. The number of halogens is 1. The van der Waals surface area contributed by atoms with E-state index in [1.54, 1.807) is 10.9 Å². The summed E-state index contributed by atoms with van der Waals surface area (Å²) in [6.07, 6.45) is 1.81. The summed E-state index contributed by atoms with van der Waals surface area (Å²) in [4.78, 5) is 15.8. The molecule has 0 unspecified atom stereocenters. The Morgan fingerprint density at radius 1 is 1.53 bits per heavy atom. The average Bonchev–Trinajstić information content (AvgIpc) is 2.81. The normalized spacial score (nSPS) is 10.3. The lowest BCUT2D eigenvalue weighted by Gasteiger charge is -2.06. The van der Waals surface area contributed by atoms with Gasteiger partial charge in [-0.1, -0.05) is 11.6 Å². The maximum absolute atomic E-state index is 11.9. The number of nitrogens with two attached hydrogens (primary N) is 1. The molecule has 19 heavy (non-hydrogen) atoms. The van der Waals surface area contributed by atoms with E-state index in [1.165, 1.54) is 12.1 Å². The van der Waals surface area contributed by atoms with Crippen LogP contribution >= 0.6 is 11.6 Å². The molecular weight excluding hydrogens is 268 g/mol. The average molecular weight is 281 g/mol. The largest absolute Gasteiger partial charge is 0.346 e. The van der Waals surface area contributed by atoms with E-state index in [1.807, 2.05) is 13.1 Å². The SMILES string of the molecule is Cn1ccc(CNC(=O)c2cc(Cl)nc(NN)c2)n1. The van der Waals surface area contributed by atoms with Crippen LogP contribution in [0.1, 0.15) is 16.1 Å². The topological polar surface area (TPSA) is 97.9 Å². The van der Waals surface area contributed by atoms with E-state index in [2.05, 4.69) is 20.8 Å². The number of nitrogens with zero attached hydrogens (tertiary/aromatic N) is 3. The first-order chi connectivity index (χ1) is 9.08. The van der Waals surface area contributed by atoms with Crippen molar-refractivity contribution in [2.45, 2.75) is 6.54 Å². The second kappa shape index (κ2) is 5.68. The van der Waals surface area contributed by atoms with Crippen molar-refractivity contribution in [1.82, 2.24) is 20.1 Å². The first-order valence-electron chi connectivity index (χ1n) is 5.49. The minimum atomic E-state index is -0.272. The zero-order valence-corrected chi connectivity index (χ0v) is 11.0. The summed E-state index contributed by atoms with van der Waals surface area (Å²) >= 11 is 5.79. The van der Waals surface area contributed by atoms with Crippen LogP contribution in [0.25, 0.3) is 0 Å². The lowest BCUT2D eigenvalue weighted by Crippen LogP contribution is -2.23. The number of nitrogens with one attached hydrogen (secondary N) is 2. The van der Waals surface area contributed by atoms with E-state index in [4.69, 9.17) is 17.4 Å². The number of carbonyl (C=O) groups is 1. The molecule has 2 heterocycles. The standard InChI is InChI=1S/C11H13ClN6O/c1-18-3-2-8(17-18)6-14-11(19)7-4-9(12)15-10(5-7)16-13/h2-5H,6,13H2,1H3,(H,14,19)(H,15,16). The fraction of sp³-hybridized carbons (Fsp3) is 0.182. The number of hydrogen-bond acceptors (Lipinski definition) is 5. The lowest BCUT2D eigenvalue weighted by atomic mass is 10.2. The van der Waals surface area contributed by atoms with Gasteiger partial charge in [0.15, 0.2) is 0 Å². The lowest BCUT2D eigenvalue weighted by molar-refractivity contribution is 0.0950. The molecule has 2 rings (SSSR count). The highest BCUT2D eigenvalue weighted by molar-refractivity contribution is 6.29. The van der Waals surface area contributed by atoms with Gasteiger partial charge in [-0.25, -0.2) is 10.8 Å². The predicted octanol–water partition coefficient (Wildman–Crippen LogP) is 0.684. The molecule has 0 saturated heterocycles. The summed E-state index contributed by atoms with van der Waals surface area (Å²) in [7, 11) is 1.81. The van der Waals surface area contributed by atoms with Crippen LogP contribution in [0.5, 0.6) is 0 Å². The highest BCUT2D eigenvalue weighted by Gasteiger charge is 2.09. The number of pyridine rings is 1. The fourth-order valence-corrected chi connectivity index (χ4v) is 1.74.